The van der Waals surface area contributed by atoms with E-state index in [1.165, 1.54) is 5.69 Å². The number of anilines is 1. The fraction of sp³-hybridized carbons (Fsp3) is 0.500. The summed E-state index contributed by atoms with van der Waals surface area (Å²) in [5, 5.41) is 12.7. The lowest BCUT2D eigenvalue weighted by atomic mass is 9.95. The van der Waals surface area contributed by atoms with E-state index in [1.54, 1.807) is 0 Å². The van der Waals surface area contributed by atoms with Crippen molar-refractivity contribution in [2.75, 3.05) is 18.0 Å². The van der Waals surface area contributed by atoms with Gasteiger partial charge in [0.25, 0.3) is 0 Å². The highest BCUT2D eigenvalue weighted by atomic mass is 16.4. The standard InChI is InChI=1S/C16H22N4O2/c1-10-6-12(18-16(21)22)9-20(8-10)14-4-5-17-15-13(14)7-11(2)19(15)3/h4-5,7,10,12,18H,6,8-9H2,1-3H3,(H,21,22)/t10-,12+/m0/s1. The highest BCUT2D eigenvalue weighted by molar-refractivity contribution is 5.91. The maximum Gasteiger partial charge on any atom is 0.404 e. The summed E-state index contributed by atoms with van der Waals surface area (Å²) in [7, 11) is 2.02. The summed E-state index contributed by atoms with van der Waals surface area (Å²) in [6.07, 6.45) is 1.76. The minimum Gasteiger partial charge on any atom is -0.465 e. The van der Waals surface area contributed by atoms with E-state index in [1.807, 2.05) is 19.3 Å². The topological polar surface area (TPSA) is 70.4 Å². The number of fused-ring (bicyclic) bond motifs is 1. The van der Waals surface area contributed by atoms with Gasteiger partial charge in [-0.05, 0) is 31.4 Å². The highest BCUT2D eigenvalue weighted by Gasteiger charge is 2.27. The van der Waals surface area contributed by atoms with E-state index >= 15 is 0 Å². The van der Waals surface area contributed by atoms with E-state index in [0.29, 0.717) is 12.5 Å². The number of carbonyl (C=O) groups is 1. The molecule has 0 saturated carbocycles. The molecule has 3 heterocycles. The Morgan fingerprint density at radius 2 is 2.23 bits per heavy atom. The molecule has 6 nitrogen and oxygen atoms in total. The summed E-state index contributed by atoms with van der Waals surface area (Å²) in [6.45, 7) is 5.87. The van der Waals surface area contributed by atoms with Gasteiger partial charge in [-0.3, -0.25) is 0 Å². The molecule has 1 saturated heterocycles. The first-order valence-electron chi connectivity index (χ1n) is 7.61. The van der Waals surface area contributed by atoms with Crippen molar-refractivity contribution in [2.24, 2.45) is 13.0 Å². The Morgan fingerprint density at radius 3 is 2.95 bits per heavy atom. The zero-order chi connectivity index (χ0) is 15.9. The molecule has 0 aromatic carbocycles. The zero-order valence-electron chi connectivity index (χ0n) is 13.2. The van der Waals surface area contributed by atoms with Gasteiger partial charge in [-0.2, -0.15) is 0 Å². The molecule has 118 valence electrons. The van der Waals surface area contributed by atoms with Gasteiger partial charge in [-0.15, -0.1) is 0 Å². The number of hydrogen-bond acceptors (Lipinski definition) is 3. The molecule has 3 rings (SSSR count). The van der Waals surface area contributed by atoms with Crippen molar-refractivity contribution in [1.29, 1.82) is 0 Å². The second-order valence-electron chi connectivity index (χ2n) is 6.30. The van der Waals surface area contributed by atoms with Crippen molar-refractivity contribution in [3.05, 3.63) is 24.0 Å². The molecule has 1 aliphatic heterocycles. The van der Waals surface area contributed by atoms with Crippen LogP contribution in [0.3, 0.4) is 0 Å². The molecule has 0 spiro atoms. The van der Waals surface area contributed by atoms with Crippen molar-refractivity contribution in [2.45, 2.75) is 26.3 Å². The van der Waals surface area contributed by atoms with E-state index in [-0.39, 0.29) is 6.04 Å². The Kier molecular flexibility index (Phi) is 3.68. The Balaban J connectivity index is 1.96. The Hall–Kier alpha value is -2.24. The highest BCUT2D eigenvalue weighted by Crippen LogP contribution is 2.30. The Morgan fingerprint density at radius 1 is 1.45 bits per heavy atom. The van der Waals surface area contributed by atoms with Gasteiger partial charge in [-0.1, -0.05) is 6.92 Å². The number of rotatable bonds is 2. The average Bonchev–Trinajstić information content (AvgIpc) is 2.73. The SMILES string of the molecule is Cc1cc2c(N3C[C@@H](C)C[C@@H](NC(=O)O)C3)ccnc2n1C. The lowest BCUT2D eigenvalue weighted by Crippen LogP contribution is -2.50. The number of amides is 1. The van der Waals surface area contributed by atoms with Gasteiger partial charge in [0.05, 0.1) is 0 Å². The van der Waals surface area contributed by atoms with Gasteiger partial charge in [0.15, 0.2) is 0 Å². The van der Waals surface area contributed by atoms with Crippen LogP contribution in [0, 0.1) is 12.8 Å². The van der Waals surface area contributed by atoms with Crippen LogP contribution in [0.25, 0.3) is 11.0 Å². The quantitative estimate of drug-likeness (QED) is 0.893. The van der Waals surface area contributed by atoms with Gasteiger partial charge in [-0.25, -0.2) is 9.78 Å². The molecule has 1 amide bonds. The predicted molar refractivity (Wildman–Crippen MR) is 86.4 cm³/mol. The molecule has 22 heavy (non-hydrogen) atoms. The van der Waals surface area contributed by atoms with Crippen molar-refractivity contribution >= 4 is 22.8 Å². The molecule has 0 aliphatic carbocycles. The maximum atomic E-state index is 10.9. The predicted octanol–water partition coefficient (Wildman–Crippen LogP) is 2.36. The van der Waals surface area contributed by atoms with Gasteiger partial charge in [0.2, 0.25) is 0 Å². The van der Waals surface area contributed by atoms with Gasteiger partial charge >= 0.3 is 6.09 Å². The molecular weight excluding hydrogens is 280 g/mol. The summed E-state index contributed by atoms with van der Waals surface area (Å²) >= 11 is 0. The smallest absolute Gasteiger partial charge is 0.404 e. The number of aromatic nitrogens is 2. The van der Waals surface area contributed by atoms with Crippen molar-refractivity contribution < 1.29 is 9.90 Å². The van der Waals surface area contributed by atoms with E-state index in [9.17, 15) is 4.79 Å². The molecular formula is C16H22N4O2. The zero-order valence-corrected chi connectivity index (χ0v) is 13.2. The van der Waals surface area contributed by atoms with Crippen LogP contribution < -0.4 is 10.2 Å². The number of hydrogen-bond donors (Lipinski definition) is 2. The lowest BCUT2D eigenvalue weighted by molar-refractivity contribution is 0.186. The van der Waals surface area contributed by atoms with Crippen molar-refractivity contribution in [3.8, 4) is 0 Å². The Labute approximate surface area is 129 Å². The van der Waals surface area contributed by atoms with Crippen LogP contribution in [-0.2, 0) is 7.05 Å². The Bertz CT molecular complexity index is 709. The molecule has 2 aromatic heterocycles. The number of piperidine rings is 1. The second kappa shape index (κ2) is 5.51. The first-order chi connectivity index (χ1) is 10.5. The van der Waals surface area contributed by atoms with E-state index in [4.69, 9.17) is 5.11 Å². The molecule has 0 bridgehead atoms. The van der Waals surface area contributed by atoms with Crippen LogP contribution in [0.1, 0.15) is 19.0 Å². The third kappa shape index (κ3) is 2.61. The first-order valence-corrected chi connectivity index (χ1v) is 7.61. The molecule has 0 unspecified atom stereocenters. The molecule has 6 heteroatoms. The number of pyridine rings is 1. The van der Waals surface area contributed by atoms with Gasteiger partial charge in [0, 0.05) is 49.1 Å². The number of nitrogens with one attached hydrogen (secondary N) is 1. The number of aryl methyl sites for hydroxylation is 2. The molecule has 2 atom stereocenters. The summed E-state index contributed by atoms with van der Waals surface area (Å²) in [6, 6.07) is 4.14. The van der Waals surface area contributed by atoms with E-state index in [2.05, 4.69) is 39.7 Å². The fourth-order valence-corrected chi connectivity index (χ4v) is 3.43. The molecule has 1 fully saturated rings. The molecule has 0 radical (unpaired) electrons. The monoisotopic (exact) mass is 302 g/mol. The maximum absolute atomic E-state index is 10.9. The lowest BCUT2D eigenvalue weighted by Gasteiger charge is -2.38. The summed E-state index contributed by atoms with van der Waals surface area (Å²) in [4.78, 5) is 17.7. The minimum atomic E-state index is -0.950. The fourth-order valence-electron chi connectivity index (χ4n) is 3.43. The molecule has 2 N–H and O–H groups in total. The van der Waals surface area contributed by atoms with Gasteiger partial charge < -0.3 is 19.9 Å². The van der Waals surface area contributed by atoms with Crippen LogP contribution in [0.4, 0.5) is 10.5 Å². The van der Waals surface area contributed by atoms with Crippen molar-refractivity contribution in [1.82, 2.24) is 14.9 Å². The minimum absolute atomic E-state index is 0.0331. The van der Waals surface area contributed by atoms with E-state index in [0.717, 1.165) is 29.7 Å². The summed E-state index contributed by atoms with van der Waals surface area (Å²) in [5.41, 5.74) is 3.27. The van der Waals surface area contributed by atoms with Crippen LogP contribution in [0.2, 0.25) is 0 Å². The van der Waals surface area contributed by atoms with Crippen molar-refractivity contribution in [3.63, 3.8) is 0 Å². The number of carboxylic acid groups (broad SMARTS) is 1. The largest absolute Gasteiger partial charge is 0.465 e. The number of nitrogens with zero attached hydrogens (tertiary/aromatic N) is 3. The van der Waals surface area contributed by atoms with Crippen LogP contribution in [0.5, 0.6) is 0 Å². The van der Waals surface area contributed by atoms with E-state index < -0.39 is 6.09 Å². The van der Waals surface area contributed by atoms with Gasteiger partial charge in [0.1, 0.15) is 5.65 Å². The van der Waals surface area contributed by atoms with Crippen LogP contribution >= 0.6 is 0 Å². The molecule has 1 aliphatic rings. The third-order valence-corrected chi connectivity index (χ3v) is 4.47. The second-order valence-corrected chi connectivity index (χ2v) is 6.30. The normalized spacial score (nSPS) is 22.0. The average molecular weight is 302 g/mol. The summed E-state index contributed by atoms with van der Waals surface area (Å²) < 4.78 is 2.08. The molecule has 2 aromatic rings. The van der Waals surface area contributed by atoms with Crippen LogP contribution in [0.15, 0.2) is 18.3 Å². The summed E-state index contributed by atoms with van der Waals surface area (Å²) in [5.74, 6) is 0.443. The van der Waals surface area contributed by atoms with Crippen LogP contribution in [-0.4, -0.2) is 39.9 Å². The first kappa shape index (κ1) is 14.7. The third-order valence-electron chi connectivity index (χ3n) is 4.47.